The normalized spacial score (nSPS) is 15.5. The van der Waals surface area contributed by atoms with Gasteiger partial charge in [0.25, 0.3) is 0 Å². The number of rotatable bonds is 10. The fourth-order valence-corrected chi connectivity index (χ4v) is 3.26. The summed E-state index contributed by atoms with van der Waals surface area (Å²) in [4.78, 5) is 16.7. The van der Waals surface area contributed by atoms with Gasteiger partial charge >= 0.3 is 0 Å². The Morgan fingerprint density at radius 2 is 1.96 bits per heavy atom. The number of carbonyl (C=O) groups excluding carboxylic acids is 1. The Morgan fingerprint density at radius 1 is 1.19 bits per heavy atom. The highest BCUT2D eigenvalue weighted by Gasteiger charge is 2.16. The lowest BCUT2D eigenvalue weighted by molar-refractivity contribution is -0.121. The molecule has 6 nitrogen and oxygen atoms in total. The molecule has 1 heterocycles. The highest BCUT2D eigenvalue weighted by molar-refractivity contribution is 5.76. The molecule has 0 spiro atoms. The van der Waals surface area contributed by atoms with E-state index in [1.165, 1.54) is 0 Å². The molecule has 0 unspecified atom stereocenters. The van der Waals surface area contributed by atoms with Crippen molar-refractivity contribution in [2.45, 2.75) is 38.5 Å². The lowest BCUT2D eigenvalue weighted by atomic mass is 10.1. The number of nitrogens with one attached hydrogen (secondary N) is 1. The van der Waals surface area contributed by atoms with E-state index in [2.05, 4.69) is 21.2 Å². The van der Waals surface area contributed by atoms with Crippen molar-refractivity contribution in [1.82, 2.24) is 15.1 Å². The van der Waals surface area contributed by atoms with Crippen LogP contribution >= 0.6 is 0 Å². The molecule has 1 saturated heterocycles. The topological polar surface area (TPSA) is 79.6 Å². The van der Waals surface area contributed by atoms with Gasteiger partial charge in [-0.05, 0) is 43.9 Å². The van der Waals surface area contributed by atoms with Crippen LogP contribution in [0.2, 0.25) is 0 Å². The number of hydrogen-bond donors (Lipinski definition) is 2. The number of phenolic OH excluding ortho intramolecular Hbond substituents is 1. The maximum absolute atomic E-state index is 11.9. The number of amides is 1. The van der Waals surface area contributed by atoms with Crippen LogP contribution in [-0.2, 0) is 11.2 Å². The smallest absolute Gasteiger partial charge is 0.220 e. The van der Waals surface area contributed by atoms with Gasteiger partial charge < -0.3 is 10.4 Å². The molecular weight excluding hydrogens is 328 g/mol. The average molecular weight is 358 g/mol. The summed E-state index contributed by atoms with van der Waals surface area (Å²) in [5.74, 6) is 0.291. The fraction of sp³-hybridized carbons (Fsp3) is 0.600. The monoisotopic (exact) mass is 358 g/mol. The molecule has 1 aromatic carbocycles. The minimum absolute atomic E-state index is 0.0360. The van der Waals surface area contributed by atoms with E-state index in [0.717, 1.165) is 57.7 Å². The molecular formula is C20H30N4O2. The second kappa shape index (κ2) is 11.5. The number of phenols is 1. The zero-order valence-corrected chi connectivity index (χ0v) is 15.5. The molecule has 2 N–H and O–H groups in total. The Hall–Kier alpha value is -2.10. The standard InChI is InChI=1S/C20H30N4O2/c21-11-5-14-24-16-6-15-23(17-24)13-4-3-12-22-20(26)10-9-18-7-1-2-8-19(18)25/h1-2,7-8,25H,3-6,9-10,12-17H2,(H,22,26). The molecule has 1 aliphatic heterocycles. The van der Waals surface area contributed by atoms with Gasteiger partial charge in [-0.1, -0.05) is 18.2 Å². The number of unbranched alkanes of at least 4 members (excludes halogenated alkanes) is 1. The third-order valence-corrected chi connectivity index (χ3v) is 4.72. The number of carbonyl (C=O) groups is 1. The van der Waals surface area contributed by atoms with E-state index in [-0.39, 0.29) is 11.7 Å². The van der Waals surface area contributed by atoms with Gasteiger partial charge in [-0.15, -0.1) is 0 Å². The number of nitrogens with zero attached hydrogens (tertiary/aromatic N) is 3. The van der Waals surface area contributed by atoms with Gasteiger partial charge in [0.05, 0.1) is 12.7 Å². The van der Waals surface area contributed by atoms with Crippen molar-refractivity contribution in [2.24, 2.45) is 0 Å². The van der Waals surface area contributed by atoms with Gasteiger partial charge in [0, 0.05) is 39.0 Å². The lowest BCUT2D eigenvalue weighted by Gasteiger charge is -2.35. The number of aromatic hydroxyl groups is 1. The predicted molar refractivity (Wildman–Crippen MR) is 102 cm³/mol. The summed E-state index contributed by atoms with van der Waals surface area (Å²) in [6.45, 7) is 5.76. The first-order valence-corrected chi connectivity index (χ1v) is 9.54. The second-order valence-electron chi connectivity index (χ2n) is 6.82. The van der Waals surface area contributed by atoms with Crippen LogP contribution in [-0.4, -0.2) is 60.2 Å². The summed E-state index contributed by atoms with van der Waals surface area (Å²) >= 11 is 0. The third-order valence-electron chi connectivity index (χ3n) is 4.72. The zero-order valence-electron chi connectivity index (χ0n) is 15.5. The number of hydrogen-bond acceptors (Lipinski definition) is 5. The van der Waals surface area contributed by atoms with Crippen molar-refractivity contribution in [1.29, 1.82) is 5.26 Å². The SMILES string of the molecule is N#CCCN1CCCN(CCCCNC(=O)CCc2ccccc2O)C1. The summed E-state index contributed by atoms with van der Waals surface area (Å²) in [5, 5.41) is 21.4. The van der Waals surface area contributed by atoms with Crippen LogP contribution in [0.3, 0.4) is 0 Å². The highest BCUT2D eigenvalue weighted by Crippen LogP contribution is 2.17. The molecule has 0 aromatic heterocycles. The van der Waals surface area contributed by atoms with Crippen LogP contribution in [0.1, 0.15) is 37.7 Å². The van der Waals surface area contributed by atoms with E-state index in [1.54, 1.807) is 12.1 Å². The van der Waals surface area contributed by atoms with Crippen LogP contribution < -0.4 is 5.32 Å². The van der Waals surface area contributed by atoms with Crippen LogP contribution in [0.25, 0.3) is 0 Å². The summed E-state index contributed by atoms with van der Waals surface area (Å²) < 4.78 is 0. The van der Waals surface area contributed by atoms with Crippen molar-refractivity contribution in [3.05, 3.63) is 29.8 Å². The third kappa shape index (κ3) is 7.42. The molecule has 0 radical (unpaired) electrons. The summed E-state index contributed by atoms with van der Waals surface area (Å²) in [6, 6.07) is 9.36. The van der Waals surface area contributed by atoms with Crippen molar-refractivity contribution in [3.63, 3.8) is 0 Å². The van der Waals surface area contributed by atoms with E-state index in [9.17, 15) is 9.90 Å². The minimum Gasteiger partial charge on any atom is -0.508 e. The first-order chi connectivity index (χ1) is 12.7. The van der Waals surface area contributed by atoms with Crippen molar-refractivity contribution in [2.75, 3.05) is 39.4 Å². The summed E-state index contributed by atoms with van der Waals surface area (Å²) in [5.41, 5.74) is 0.814. The summed E-state index contributed by atoms with van der Waals surface area (Å²) in [7, 11) is 0. The largest absolute Gasteiger partial charge is 0.508 e. The van der Waals surface area contributed by atoms with Gasteiger partial charge in [0.15, 0.2) is 0 Å². The molecule has 1 amide bonds. The molecule has 0 bridgehead atoms. The van der Waals surface area contributed by atoms with Gasteiger partial charge in [-0.3, -0.25) is 14.6 Å². The maximum atomic E-state index is 11.9. The molecule has 0 saturated carbocycles. The molecule has 142 valence electrons. The van der Waals surface area contributed by atoms with E-state index < -0.39 is 0 Å². The number of para-hydroxylation sites is 1. The Morgan fingerprint density at radius 3 is 2.73 bits per heavy atom. The Kier molecular flexibility index (Phi) is 8.94. The first kappa shape index (κ1) is 20.2. The fourth-order valence-electron chi connectivity index (χ4n) is 3.26. The van der Waals surface area contributed by atoms with Crippen LogP contribution in [0.4, 0.5) is 0 Å². The van der Waals surface area contributed by atoms with Gasteiger partial charge in [0.2, 0.25) is 5.91 Å². The second-order valence-corrected chi connectivity index (χ2v) is 6.82. The lowest BCUT2D eigenvalue weighted by Crippen LogP contribution is -2.45. The van der Waals surface area contributed by atoms with Gasteiger partial charge in [0.1, 0.15) is 5.75 Å². The van der Waals surface area contributed by atoms with E-state index >= 15 is 0 Å². The van der Waals surface area contributed by atoms with Crippen molar-refractivity contribution in [3.8, 4) is 11.8 Å². The van der Waals surface area contributed by atoms with Crippen molar-refractivity contribution >= 4 is 5.91 Å². The van der Waals surface area contributed by atoms with Crippen LogP contribution in [0.15, 0.2) is 24.3 Å². The molecule has 0 atom stereocenters. The van der Waals surface area contributed by atoms with E-state index in [1.807, 2.05) is 12.1 Å². The number of nitriles is 1. The van der Waals surface area contributed by atoms with Gasteiger partial charge in [-0.2, -0.15) is 5.26 Å². The maximum Gasteiger partial charge on any atom is 0.220 e. The molecule has 1 aliphatic rings. The quantitative estimate of drug-likeness (QED) is 0.626. The molecule has 2 rings (SSSR count). The summed E-state index contributed by atoms with van der Waals surface area (Å²) in [6.07, 6.45) is 4.75. The zero-order chi connectivity index (χ0) is 18.6. The molecule has 1 fully saturated rings. The van der Waals surface area contributed by atoms with Crippen molar-refractivity contribution < 1.29 is 9.90 Å². The molecule has 0 aliphatic carbocycles. The molecule has 6 heteroatoms. The molecule has 26 heavy (non-hydrogen) atoms. The molecule has 1 aromatic rings. The van der Waals surface area contributed by atoms with E-state index in [4.69, 9.17) is 5.26 Å². The predicted octanol–water partition coefficient (Wildman–Crippen LogP) is 2.10. The van der Waals surface area contributed by atoms with Gasteiger partial charge in [-0.25, -0.2) is 0 Å². The minimum atomic E-state index is 0.0360. The average Bonchev–Trinajstić information content (AvgIpc) is 2.66. The van der Waals surface area contributed by atoms with E-state index in [0.29, 0.717) is 25.8 Å². The van der Waals surface area contributed by atoms with Crippen LogP contribution in [0, 0.1) is 11.3 Å². The Bertz CT molecular complexity index is 600. The Labute approximate surface area is 156 Å². The number of aryl methyl sites for hydroxylation is 1. The van der Waals surface area contributed by atoms with Crippen LogP contribution in [0.5, 0.6) is 5.75 Å². The highest BCUT2D eigenvalue weighted by atomic mass is 16.3. The first-order valence-electron chi connectivity index (χ1n) is 9.54. The Balaban J connectivity index is 1.52. The number of benzene rings is 1.